The molecule has 0 atom stereocenters. The second-order valence-corrected chi connectivity index (χ2v) is 4.69. The molecule has 0 radical (unpaired) electrons. The van der Waals surface area contributed by atoms with Crippen LogP contribution in [0.15, 0.2) is 47.5 Å². The van der Waals surface area contributed by atoms with Gasteiger partial charge >= 0.3 is 0 Å². The van der Waals surface area contributed by atoms with Gasteiger partial charge in [0.2, 0.25) is 0 Å². The van der Waals surface area contributed by atoms with Crippen molar-refractivity contribution in [1.29, 1.82) is 0 Å². The van der Waals surface area contributed by atoms with Gasteiger partial charge in [-0.05, 0) is 30.9 Å². The van der Waals surface area contributed by atoms with Gasteiger partial charge in [0.25, 0.3) is 0 Å². The van der Waals surface area contributed by atoms with E-state index in [-0.39, 0.29) is 0 Å². The van der Waals surface area contributed by atoms with Crippen LogP contribution in [0.1, 0.15) is 44.2 Å². The molecule has 0 unspecified atom stereocenters. The van der Waals surface area contributed by atoms with Crippen LogP contribution in [0, 0.1) is 0 Å². The van der Waals surface area contributed by atoms with Gasteiger partial charge in [-0.1, -0.05) is 55.8 Å². The fraction of sp³-hybridized carbons (Fsp3) is 0.353. The molecule has 0 amide bonds. The number of nitrogens with zero attached hydrogens (tertiary/aromatic N) is 1. The van der Waals surface area contributed by atoms with Crippen LogP contribution in [-0.4, -0.2) is 12.3 Å². The SMILES string of the molecule is CCCC/N=C(\C)c1ccccc1C1=CC=CC1. The largest absolute Gasteiger partial charge is 0.289 e. The summed E-state index contributed by atoms with van der Waals surface area (Å²) in [5, 5.41) is 0. The summed E-state index contributed by atoms with van der Waals surface area (Å²) in [6, 6.07) is 8.59. The lowest BCUT2D eigenvalue weighted by Gasteiger charge is -2.10. The van der Waals surface area contributed by atoms with E-state index in [1.54, 1.807) is 0 Å². The van der Waals surface area contributed by atoms with Gasteiger partial charge in [-0.25, -0.2) is 0 Å². The average molecular weight is 239 g/mol. The summed E-state index contributed by atoms with van der Waals surface area (Å²) in [6.45, 7) is 5.26. The third-order valence-corrected chi connectivity index (χ3v) is 3.29. The van der Waals surface area contributed by atoms with Crippen LogP contribution in [0.25, 0.3) is 5.57 Å². The first-order valence-electron chi connectivity index (χ1n) is 6.79. The summed E-state index contributed by atoms with van der Waals surface area (Å²) < 4.78 is 0. The molecule has 1 aliphatic rings. The first-order valence-corrected chi connectivity index (χ1v) is 6.79. The van der Waals surface area contributed by atoms with Gasteiger partial charge in [-0.15, -0.1) is 0 Å². The smallest absolute Gasteiger partial charge is 0.0395 e. The van der Waals surface area contributed by atoms with Crippen molar-refractivity contribution in [2.24, 2.45) is 4.99 Å². The van der Waals surface area contributed by atoms with E-state index >= 15 is 0 Å². The van der Waals surface area contributed by atoms with Crippen LogP contribution < -0.4 is 0 Å². The maximum Gasteiger partial charge on any atom is 0.0395 e. The van der Waals surface area contributed by atoms with Crippen molar-refractivity contribution in [2.75, 3.05) is 6.54 Å². The summed E-state index contributed by atoms with van der Waals surface area (Å²) in [5.41, 5.74) is 5.17. The van der Waals surface area contributed by atoms with Crippen molar-refractivity contribution < 1.29 is 0 Å². The summed E-state index contributed by atoms with van der Waals surface area (Å²) in [4.78, 5) is 4.69. The Morgan fingerprint density at radius 3 is 2.83 bits per heavy atom. The van der Waals surface area contributed by atoms with E-state index in [1.807, 2.05) is 0 Å². The molecule has 0 fully saturated rings. The molecule has 0 saturated carbocycles. The van der Waals surface area contributed by atoms with Crippen molar-refractivity contribution in [3.63, 3.8) is 0 Å². The van der Waals surface area contributed by atoms with E-state index in [2.05, 4.69) is 61.3 Å². The van der Waals surface area contributed by atoms with Crippen LogP contribution >= 0.6 is 0 Å². The average Bonchev–Trinajstić information content (AvgIpc) is 2.93. The Morgan fingerprint density at radius 1 is 1.28 bits per heavy atom. The molecule has 0 aromatic heterocycles. The molecule has 94 valence electrons. The van der Waals surface area contributed by atoms with Crippen LogP contribution in [0.3, 0.4) is 0 Å². The van der Waals surface area contributed by atoms with Gasteiger partial charge in [0, 0.05) is 17.8 Å². The molecule has 0 N–H and O–H groups in total. The Hall–Kier alpha value is -1.63. The van der Waals surface area contributed by atoms with Gasteiger partial charge < -0.3 is 0 Å². The molecule has 1 aromatic rings. The lowest BCUT2D eigenvalue weighted by atomic mass is 9.96. The Bertz CT molecular complexity index is 492. The van der Waals surface area contributed by atoms with Crippen molar-refractivity contribution in [3.8, 4) is 0 Å². The number of benzene rings is 1. The Kier molecular flexibility index (Phi) is 4.52. The molecule has 1 aliphatic carbocycles. The van der Waals surface area contributed by atoms with E-state index in [4.69, 9.17) is 0 Å². The maximum atomic E-state index is 4.69. The molecule has 1 heteroatoms. The minimum absolute atomic E-state index is 0.938. The third-order valence-electron chi connectivity index (χ3n) is 3.29. The number of hydrogen-bond donors (Lipinski definition) is 0. The van der Waals surface area contributed by atoms with Gasteiger partial charge in [0.05, 0.1) is 0 Å². The highest BCUT2D eigenvalue weighted by Crippen LogP contribution is 2.26. The fourth-order valence-electron chi connectivity index (χ4n) is 2.22. The van der Waals surface area contributed by atoms with Crippen molar-refractivity contribution in [3.05, 3.63) is 53.6 Å². The Morgan fingerprint density at radius 2 is 2.11 bits per heavy atom. The maximum absolute atomic E-state index is 4.69. The summed E-state index contributed by atoms with van der Waals surface area (Å²) >= 11 is 0. The van der Waals surface area contributed by atoms with E-state index in [0.29, 0.717) is 0 Å². The standard InChI is InChI=1S/C17H21N/c1-3-4-13-18-14(2)16-11-7-8-12-17(16)15-9-5-6-10-15/h5-9,11-12H,3-4,10,13H2,1-2H3/b18-14+. The fourth-order valence-corrected chi connectivity index (χ4v) is 2.22. The van der Waals surface area contributed by atoms with E-state index < -0.39 is 0 Å². The summed E-state index contributed by atoms with van der Waals surface area (Å²) in [5.74, 6) is 0. The number of hydrogen-bond acceptors (Lipinski definition) is 1. The molecule has 0 spiro atoms. The predicted molar refractivity (Wildman–Crippen MR) is 80.2 cm³/mol. The van der Waals surface area contributed by atoms with Crippen molar-refractivity contribution in [1.82, 2.24) is 0 Å². The van der Waals surface area contributed by atoms with E-state index in [9.17, 15) is 0 Å². The van der Waals surface area contributed by atoms with Gasteiger partial charge in [-0.2, -0.15) is 0 Å². The quantitative estimate of drug-likeness (QED) is 0.524. The molecule has 0 bridgehead atoms. The number of allylic oxidation sites excluding steroid dienone is 4. The first-order chi connectivity index (χ1) is 8.83. The Labute approximate surface area is 110 Å². The van der Waals surface area contributed by atoms with Crippen molar-refractivity contribution in [2.45, 2.75) is 33.1 Å². The molecule has 0 heterocycles. The van der Waals surface area contributed by atoms with Gasteiger partial charge in [0.1, 0.15) is 0 Å². The highest BCUT2D eigenvalue weighted by Gasteiger charge is 2.09. The van der Waals surface area contributed by atoms with Crippen LogP contribution in [0.4, 0.5) is 0 Å². The number of unbranched alkanes of at least 4 members (excludes halogenated alkanes) is 1. The molecule has 1 nitrogen and oxygen atoms in total. The second kappa shape index (κ2) is 6.34. The van der Waals surface area contributed by atoms with Crippen LogP contribution in [-0.2, 0) is 0 Å². The normalized spacial score (nSPS) is 15.0. The second-order valence-electron chi connectivity index (χ2n) is 4.69. The van der Waals surface area contributed by atoms with Crippen molar-refractivity contribution >= 4 is 11.3 Å². The zero-order chi connectivity index (χ0) is 12.8. The monoisotopic (exact) mass is 239 g/mol. The van der Waals surface area contributed by atoms with E-state index in [0.717, 1.165) is 18.7 Å². The highest BCUT2D eigenvalue weighted by atomic mass is 14.7. The van der Waals surface area contributed by atoms with Gasteiger partial charge in [-0.3, -0.25) is 4.99 Å². The minimum Gasteiger partial charge on any atom is -0.289 e. The van der Waals surface area contributed by atoms with E-state index in [1.165, 1.54) is 29.5 Å². The molecule has 1 aromatic carbocycles. The predicted octanol–water partition coefficient (Wildman–Crippen LogP) is 4.64. The van der Waals surface area contributed by atoms with Crippen LogP contribution in [0.5, 0.6) is 0 Å². The number of aliphatic imine (C=N–C) groups is 1. The molecule has 0 saturated heterocycles. The molecular formula is C17H21N. The topological polar surface area (TPSA) is 12.4 Å². The Balaban J connectivity index is 2.24. The lowest BCUT2D eigenvalue weighted by Crippen LogP contribution is -2.01. The first kappa shape index (κ1) is 12.8. The molecule has 18 heavy (non-hydrogen) atoms. The highest BCUT2D eigenvalue weighted by molar-refractivity contribution is 6.03. The number of rotatable bonds is 5. The zero-order valence-corrected chi connectivity index (χ0v) is 11.3. The molecular weight excluding hydrogens is 218 g/mol. The molecule has 0 aliphatic heterocycles. The zero-order valence-electron chi connectivity index (χ0n) is 11.3. The summed E-state index contributed by atoms with van der Waals surface area (Å²) in [6.07, 6.45) is 9.96. The lowest BCUT2D eigenvalue weighted by molar-refractivity contribution is 0.808. The van der Waals surface area contributed by atoms with Gasteiger partial charge in [0.15, 0.2) is 0 Å². The summed E-state index contributed by atoms with van der Waals surface area (Å²) in [7, 11) is 0. The third kappa shape index (κ3) is 2.98. The van der Waals surface area contributed by atoms with Crippen LogP contribution in [0.2, 0.25) is 0 Å². The minimum atomic E-state index is 0.938. The molecule has 2 rings (SSSR count).